The van der Waals surface area contributed by atoms with Crippen molar-refractivity contribution in [3.05, 3.63) is 35.6 Å². The molecule has 6 heteroatoms. The molecule has 128 valence electrons. The van der Waals surface area contributed by atoms with Gasteiger partial charge >= 0.3 is 6.03 Å². The summed E-state index contributed by atoms with van der Waals surface area (Å²) in [5.74, 6) is -0.310. The van der Waals surface area contributed by atoms with Crippen molar-refractivity contribution in [3.63, 3.8) is 0 Å². The lowest BCUT2D eigenvalue weighted by atomic mass is 9.85. The van der Waals surface area contributed by atoms with Crippen LogP contribution in [0.15, 0.2) is 24.3 Å². The first-order valence-electron chi connectivity index (χ1n) is 8.05. The fraction of sp³-hybridized carbons (Fsp3) is 0.588. The van der Waals surface area contributed by atoms with Crippen LogP contribution < -0.4 is 10.6 Å². The molecule has 0 aliphatic heterocycles. The Morgan fingerprint density at radius 1 is 1.26 bits per heavy atom. The lowest BCUT2D eigenvalue weighted by molar-refractivity contribution is 0.00708. The summed E-state index contributed by atoms with van der Waals surface area (Å²) in [7, 11) is 1.54. The van der Waals surface area contributed by atoms with Gasteiger partial charge in [-0.25, -0.2) is 9.18 Å². The smallest absolute Gasteiger partial charge is 0.314 e. The first-order chi connectivity index (χ1) is 11.0. The molecule has 1 atom stereocenters. The lowest BCUT2D eigenvalue weighted by Crippen LogP contribution is -2.47. The summed E-state index contributed by atoms with van der Waals surface area (Å²) in [4.78, 5) is 11.9. The quantitative estimate of drug-likeness (QED) is 0.753. The van der Waals surface area contributed by atoms with Crippen LogP contribution in [0, 0.1) is 5.82 Å². The minimum Gasteiger partial charge on any atom is -0.388 e. The molecule has 0 saturated heterocycles. The molecule has 2 rings (SSSR count). The third-order valence-electron chi connectivity index (χ3n) is 4.34. The van der Waals surface area contributed by atoms with Crippen LogP contribution >= 0.6 is 0 Å². The second-order valence-corrected chi connectivity index (χ2v) is 6.12. The summed E-state index contributed by atoms with van der Waals surface area (Å²) >= 11 is 0. The van der Waals surface area contributed by atoms with Gasteiger partial charge < -0.3 is 20.5 Å². The van der Waals surface area contributed by atoms with E-state index >= 15 is 0 Å². The van der Waals surface area contributed by atoms with Gasteiger partial charge in [0.25, 0.3) is 0 Å². The van der Waals surface area contributed by atoms with Crippen LogP contribution in [0.2, 0.25) is 0 Å². The van der Waals surface area contributed by atoms with Gasteiger partial charge in [-0.1, -0.05) is 31.4 Å². The van der Waals surface area contributed by atoms with Crippen molar-refractivity contribution in [2.75, 3.05) is 20.2 Å². The van der Waals surface area contributed by atoms with Crippen molar-refractivity contribution in [2.24, 2.45) is 0 Å². The van der Waals surface area contributed by atoms with Crippen LogP contribution in [0.25, 0.3) is 0 Å². The maximum atomic E-state index is 12.9. The van der Waals surface area contributed by atoms with E-state index in [1.807, 2.05) is 0 Å². The summed E-state index contributed by atoms with van der Waals surface area (Å²) in [5, 5.41) is 15.8. The van der Waals surface area contributed by atoms with Crippen LogP contribution in [0.1, 0.15) is 43.8 Å². The molecule has 0 heterocycles. The Bertz CT molecular complexity index is 501. The zero-order valence-corrected chi connectivity index (χ0v) is 13.5. The lowest BCUT2D eigenvalue weighted by Gasteiger charge is -2.32. The zero-order chi connectivity index (χ0) is 16.7. The first kappa shape index (κ1) is 17.7. The molecule has 1 aliphatic rings. The van der Waals surface area contributed by atoms with Gasteiger partial charge in [0.2, 0.25) is 0 Å². The molecule has 1 aromatic rings. The Balaban J connectivity index is 1.77. The highest BCUT2D eigenvalue weighted by Gasteiger charge is 2.29. The molecule has 1 aliphatic carbocycles. The third kappa shape index (κ3) is 5.48. The number of rotatable bonds is 6. The Kier molecular flexibility index (Phi) is 6.36. The largest absolute Gasteiger partial charge is 0.388 e. The molecule has 1 unspecified atom stereocenters. The maximum absolute atomic E-state index is 12.9. The number of benzene rings is 1. The molecule has 0 bridgehead atoms. The van der Waals surface area contributed by atoms with E-state index in [0.717, 1.165) is 37.7 Å². The second kappa shape index (κ2) is 8.26. The molecule has 23 heavy (non-hydrogen) atoms. The third-order valence-corrected chi connectivity index (χ3v) is 4.34. The predicted molar refractivity (Wildman–Crippen MR) is 85.6 cm³/mol. The van der Waals surface area contributed by atoms with Crippen molar-refractivity contribution in [2.45, 2.75) is 43.8 Å². The fourth-order valence-electron chi connectivity index (χ4n) is 2.89. The second-order valence-electron chi connectivity index (χ2n) is 6.12. The topological polar surface area (TPSA) is 70.6 Å². The Labute approximate surface area is 136 Å². The molecule has 2 amide bonds. The molecular formula is C17H25FN2O3. The van der Waals surface area contributed by atoms with Crippen LogP contribution in [0.5, 0.6) is 0 Å². The highest BCUT2D eigenvalue weighted by Crippen LogP contribution is 2.27. The van der Waals surface area contributed by atoms with E-state index in [9.17, 15) is 14.3 Å². The molecule has 1 saturated carbocycles. The SMILES string of the molecule is COC(CNC(=O)NCC1(O)CCCCC1)c1ccc(F)cc1. The van der Waals surface area contributed by atoms with Gasteiger partial charge in [-0.15, -0.1) is 0 Å². The van der Waals surface area contributed by atoms with Crippen LogP contribution in [-0.4, -0.2) is 36.9 Å². The number of nitrogens with one attached hydrogen (secondary N) is 2. The van der Waals surface area contributed by atoms with E-state index in [1.165, 1.54) is 12.1 Å². The van der Waals surface area contributed by atoms with E-state index in [2.05, 4.69) is 10.6 Å². The van der Waals surface area contributed by atoms with E-state index in [-0.39, 0.29) is 31.0 Å². The molecule has 0 spiro atoms. The van der Waals surface area contributed by atoms with Gasteiger partial charge in [0, 0.05) is 20.2 Å². The molecule has 1 fully saturated rings. The van der Waals surface area contributed by atoms with Gasteiger partial charge in [0.05, 0.1) is 11.7 Å². The van der Waals surface area contributed by atoms with Gasteiger partial charge in [0.1, 0.15) is 5.82 Å². The van der Waals surface area contributed by atoms with Crippen molar-refractivity contribution in [3.8, 4) is 0 Å². The molecule has 5 nitrogen and oxygen atoms in total. The number of hydrogen-bond donors (Lipinski definition) is 3. The van der Waals surface area contributed by atoms with Crippen LogP contribution in [0.4, 0.5) is 9.18 Å². The van der Waals surface area contributed by atoms with E-state index < -0.39 is 5.60 Å². The predicted octanol–water partition coefficient (Wildman–Crippen LogP) is 2.51. The fourth-order valence-corrected chi connectivity index (χ4v) is 2.89. The molecule has 0 radical (unpaired) electrons. The van der Waals surface area contributed by atoms with Gasteiger partial charge in [-0.3, -0.25) is 0 Å². The standard InChI is InChI=1S/C17H25FN2O3/c1-23-15(13-5-7-14(18)8-6-13)11-19-16(21)20-12-17(22)9-3-2-4-10-17/h5-8,15,22H,2-4,9-12H2,1H3,(H2,19,20,21). The van der Waals surface area contributed by atoms with Crippen LogP contribution in [0.3, 0.4) is 0 Å². The number of amides is 2. The van der Waals surface area contributed by atoms with Crippen molar-refractivity contribution >= 4 is 6.03 Å². The molecular weight excluding hydrogens is 299 g/mol. The number of carbonyl (C=O) groups excluding carboxylic acids is 1. The molecule has 3 N–H and O–H groups in total. The van der Waals surface area contributed by atoms with Crippen molar-refractivity contribution < 1.29 is 19.0 Å². The number of ether oxygens (including phenoxy) is 1. The normalized spacial score (nSPS) is 18.2. The summed E-state index contributed by atoms with van der Waals surface area (Å²) in [6.45, 7) is 0.527. The van der Waals surface area contributed by atoms with Gasteiger partial charge in [-0.2, -0.15) is 0 Å². The summed E-state index contributed by atoms with van der Waals surface area (Å²) in [6.07, 6.45) is 4.24. The highest BCUT2D eigenvalue weighted by molar-refractivity contribution is 5.73. The molecule has 0 aromatic heterocycles. The molecule has 1 aromatic carbocycles. The van der Waals surface area contributed by atoms with E-state index in [1.54, 1.807) is 19.2 Å². The number of urea groups is 1. The van der Waals surface area contributed by atoms with E-state index in [4.69, 9.17) is 4.74 Å². The van der Waals surface area contributed by atoms with Gasteiger partial charge in [0.15, 0.2) is 0 Å². The Hall–Kier alpha value is -1.66. The summed E-state index contributed by atoms with van der Waals surface area (Å²) < 4.78 is 18.3. The minimum absolute atomic E-state index is 0.257. The number of aliphatic hydroxyl groups is 1. The summed E-state index contributed by atoms with van der Waals surface area (Å²) in [5.41, 5.74) is 0.00725. The Morgan fingerprint density at radius 2 is 1.91 bits per heavy atom. The number of methoxy groups -OCH3 is 1. The number of hydrogen-bond acceptors (Lipinski definition) is 3. The van der Waals surface area contributed by atoms with Crippen molar-refractivity contribution in [1.82, 2.24) is 10.6 Å². The minimum atomic E-state index is -0.785. The highest BCUT2D eigenvalue weighted by atomic mass is 19.1. The Morgan fingerprint density at radius 3 is 2.52 bits per heavy atom. The van der Waals surface area contributed by atoms with Crippen molar-refractivity contribution in [1.29, 1.82) is 0 Å². The monoisotopic (exact) mass is 324 g/mol. The van der Waals surface area contributed by atoms with Crippen LogP contribution in [-0.2, 0) is 4.74 Å². The number of halogens is 1. The van der Waals surface area contributed by atoms with E-state index in [0.29, 0.717) is 0 Å². The first-order valence-corrected chi connectivity index (χ1v) is 8.05. The zero-order valence-electron chi connectivity index (χ0n) is 13.5. The number of carbonyl (C=O) groups is 1. The van der Waals surface area contributed by atoms with Gasteiger partial charge in [-0.05, 0) is 30.5 Å². The summed E-state index contributed by atoms with van der Waals surface area (Å²) in [6, 6.07) is 5.65. The average molecular weight is 324 g/mol. The maximum Gasteiger partial charge on any atom is 0.314 e. The average Bonchev–Trinajstić information content (AvgIpc) is 2.56.